The minimum Gasteiger partial charge on any atom is -0.338 e. The highest BCUT2D eigenvalue weighted by Crippen LogP contribution is 2.26. The van der Waals surface area contributed by atoms with Crippen LogP contribution in [0.3, 0.4) is 0 Å². The quantitative estimate of drug-likeness (QED) is 0.522. The summed E-state index contributed by atoms with van der Waals surface area (Å²) in [4.78, 5) is 61.3. The Morgan fingerprint density at radius 3 is 2.29 bits per heavy atom. The van der Waals surface area contributed by atoms with Crippen LogP contribution in [0.2, 0.25) is 5.02 Å². The number of likely N-dealkylation sites (tertiary alicyclic amines) is 1. The van der Waals surface area contributed by atoms with Crippen molar-refractivity contribution in [1.82, 2.24) is 19.8 Å². The average Bonchev–Trinajstić information content (AvgIpc) is 3.17. The Labute approximate surface area is 226 Å². The molecule has 0 spiro atoms. The second-order valence-corrected chi connectivity index (χ2v) is 10.5. The van der Waals surface area contributed by atoms with E-state index in [4.69, 9.17) is 16.4 Å². The molecule has 2 aromatic rings. The van der Waals surface area contributed by atoms with Crippen molar-refractivity contribution in [2.75, 3.05) is 32.7 Å². The minimum absolute atomic E-state index is 0.0866. The molecule has 2 aromatic carbocycles. The summed E-state index contributed by atoms with van der Waals surface area (Å²) >= 11 is 5.95. The number of imide groups is 1. The Hall–Kier alpha value is -3.59. The normalized spacial score (nSPS) is 20.1. The van der Waals surface area contributed by atoms with E-state index in [1.54, 1.807) is 9.80 Å². The lowest BCUT2D eigenvalue weighted by Crippen LogP contribution is -2.55. The Bertz CT molecular complexity index is 1180. The molecule has 3 aliphatic rings. The summed E-state index contributed by atoms with van der Waals surface area (Å²) in [5, 5.41) is 1.30. The van der Waals surface area contributed by atoms with Crippen molar-refractivity contribution in [2.45, 2.75) is 38.1 Å². The van der Waals surface area contributed by atoms with Gasteiger partial charge in [0.1, 0.15) is 6.04 Å². The number of carbonyl (C=O) groups excluding carboxylic acids is 4. The molecule has 5 rings (SSSR count). The number of halogens is 1. The first-order valence-corrected chi connectivity index (χ1v) is 13.4. The molecule has 1 atom stereocenters. The van der Waals surface area contributed by atoms with Crippen LogP contribution in [0.25, 0.3) is 0 Å². The van der Waals surface area contributed by atoms with Crippen LogP contribution in [0.5, 0.6) is 0 Å². The third-order valence-corrected chi connectivity index (χ3v) is 7.88. The molecule has 10 heteroatoms. The van der Waals surface area contributed by atoms with E-state index in [1.165, 1.54) is 10.5 Å². The third-order valence-electron chi connectivity index (χ3n) is 7.63. The first-order chi connectivity index (χ1) is 18.4. The predicted molar refractivity (Wildman–Crippen MR) is 140 cm³/mol. The average molecular weight is 539 g/mol. The van der Waals surface area contributed by atoms with Gasteiger partial charge in [0.05, 0.1) is 13.0 Å². The minimum atomic E-state index is -0.845. The number of hydroxylamine groups is 2. The van der Waals surface area contributed by atoms with E-state index in [2.05, 4.69) is 0 Å². The van der Waals surface area contributed by atoms with Gasteiger partial charge >= 0.3 is 12.1 Å². The summed E-state index contributed by atoms with van der Waals surface area (Å²) in [6.07, 6.45) is 3.16. The monoisotopic (exact) mass is 538 g/mol. The molecule has 9 nitrogen and oxygen atoms in total. The molecule has 0 radical (unpaired) electrons. The Morgan fingerprint density at radius 2 is 1.58 bits per heavy atom. The van der Waals surface area contributed by atoms with Crippen molar-refractivity contribution in [2.24, 2.45) is 5.92 Å². The van der Waals surface area contributed by atoms with Crippen molar-refractivity contribution in [3.8, 4) is 0 Å². The molecule has 38 heavy (non-hydrogen) atoms. The maximum absolute atomic E-state index is 13.0. The van der Waals surface area contributed by atoms with Gasteiger partial charge in [-0.3, -0.25) is 9.59 Å². The molecule has 200 valence electrons. The highest BCUT2D eigenvalue weighted by molar-refractivity contribution is 6.30. The Balaban J connectivity index is 1.10. The van der Waals surface area contributed by atoms with Crippen LogP contribution >= 0.6 is 11.6 Å². The third kappa shape index (κ3) is 5.78. The maximum atomic E-state index is 13.0. The summed E-state index contributed by atoms with van der Waals surface area (Å²) < 4.78 is 0. The van der Waals surface area contributed by atoms with Crippen LogP contribution < -0.4 is 0 Å². The largest absolute Gasteiger partial charge is 0.434 e. The van der Waals surface area contributed by atoms with E-state index in [0.717, 1.165) is 36.3 Å². The molecule has 1 unspecified atom stereocenters. The Morgan fingerprint density at radius 1 is 0.868 bits per heavy atom. The SMILES string of the molecule is O=C(Cc1ccccc1)N1CCN2C(=O)N(OC(=O)N3CCC(CCc4ccc(Cl)cc4)CC3)C(=O)C2C1. The van der Waals surface area contributed by atoms with Gasteiger partial charge in [-0.15, -0.1) is 0 Å². The van der Waals surface area contributed by atoms with Crippen LogP contribution in [-0.2, 0) is 27.3 Å². The van der Waals surface area contributed by atoms with Gasteiger partial charge in [0.15, 0.2) is 0 Å². The van der Waals surface area contributed by atoms with Gasteiger partial charge in [0.2, 0.25) is 5.91 Å². The number of rotatable bonds is 6. The van der Waals surface area contributed by atoms with Gasteiger partial charge in [-0.2, -0.15) is 0 Å². The van der Waals surface area contributed by atoms with Gasteiger partial charge in [-0.05, 0) is 54.9 Å². The summed E-state index contributed by atoms with van der Waals surface area (Å²) in [7, 11) is 0. The molecule has 3 aliphatic heterocycles. The van der Waals surface area contributed by atoms with Crippen LogP contribution in [0.1, 0.15) is 30.4 Å². The summed E-state index contributed by atoms with van der Waals surface area (Å²) in [6.45, 7) is 1.64. The molecule has 0 aromatic heterocycles. The van der Waals surface area contributed by atoms with Gasteiger partial charge < -0.3 is 19.5 Å². The van der Waals surface area contributed by atoms with Gasteiger partial charge in [0.25, 0.3) is 5.91 Å². The van der Waals surface area contributed by atoms with E-state index in [1.807, 2.05) is 54.6 Å². The topological polar surface area (TPSA) is 90.5 Å². The number of carbonyl (C=O) groups is 4. The number of piperazine rings is 1. The van der Waals surface area contributed by atoms with Crippen molar-refractivity contribution in [3.05, 3.63) is 70.7 Å². The zero-order valence-electron chi connectivity index (χ0n) is 21.1. The first-order valence-electron chi connectivity index (χ1n) is 13.1. The van der Waals surface area contributed by atoms with Crippen LogP contribution in [0.15, 0.2) is 54.6 Å². The number of piperidine rings is 1. The lowest BCUT2D eigenvalue weighted by molar-refractivity contribution is -0.153. The fourth-order valence-corrected chi connectivity index (χ4v) is 5.45. The molecule has 0 aliphatic carbocycles. The summed E-state index contributed by atoms with van der Waals surface area (Å²) in [5.74, 6) is -0.234. The molecule has 0 bridgehead atoms. The number of fused-ring (bicyclic) bond motifs is 1. The van der Waals surface area contributed by atoms with Gasteiger partial charge in [-0.1, -0.05) is 59.1 Å². The van der Waals surface area contributed by atoms with E-state index in [9.17, 15) is 19.2 Å². The smallest absolute Gasteiger partial charge is 0.338 e. The lowest BCUT2D eigenvalue weighted by atomic mass is 9.91. The molecule has 5 amide bonds. The molecule has 0 N–H and O–H groups in total. The van der Waals surface area contributed by atoms with Gasteiger partial charge in [-0.25, -0.2) is 9.59 Å². The Kier molecular flexibility index (Phi) is 7.83. The fourth-order valence-electron chi connectivity index (χ4n) is 5.32. The number of amides is 5. The zero-order chi connectivity index (χ0) is 26.6. The number of aryl methyl sites for hydroxylation is 1. The zero-order valence-corrected chi connectivity index (χ0v) is 21.9. The highest BCUT2D eigenvalue weighted by atomic mass is 35.5. The van der Waals surface area contributed by atoms with Crippen molar-refractivity contribution < 1.29 is 24.0 Å². The van der Waals surface area contributed by atoms with Crippen LogP contribution in [0.4, 0.5) is 9.59 Å². The summed E-state index contributed by atoms with van der Waals surface area (Å²) in [6, 6.07) is 15.7. The maximum Gasteiger partial charge on any atom is 0.434 e. The predicted octanol–water partition coefficient (Wildman–Crippen LogP) is 3.75. The number of hydrogen-bond donors (Lipinski definition) is 0. The van der Waals surface area contributed by atoms with E-state index in [-0.39, 0.29) is 25.4 Å². The van der Waals surface area contributed by atoms with Crippen molar-refractivity contribution in [1.29, 1.82) is 0 Å². The molecular formula is C28H31ClN4O5. The second-order valence-electron chi connectivity index (χ2n) is 10.1. The fraction of sp³-hybridized carbons (Fsp3) is 0.429. The first kappa shape index (κ1) is 26.0. The van der Waals surface area contributed by atoms with E-state index >= 15 is 0 Å². The molecule has 0 saturated carbocycles. The van der Waals surface area contributed by atoms with E-state index < -0.39 is 24.1 Å². The standard InChI is InChI=1S/C28H31ClN4O5/c29-23-10-8-20(9-11-23)6-7-21-12-14-30(15-13-21)28(37)38-33-26(35)24-19-31(16-17-32(24)27(33)36)25(34)18-22-4-2-1-3-5-22/h1-5,8-11,21,24H,6-7,12-19H2. The number of hydrogen-bond acceptors (Lipinski definition) is 5. The number of benzene rings is 2. The van der Waals surface area contributed by atoms with Crippen LogP contribution in [-0.4, -0.2) is 82.5 Å². The molecule has 3 fully saturated rings. The molecule has 3 saturated heterocycles. The molecule has 3 heterocycles. The number of nitrogens with zero attached hydrogens (tertiary/aromatic N) is 4. The highest BCUT2D eigenvalue weighted by Gasteiger charge is 2.51. The summed E-state index contributed by atoms with van der Waals surface area (Å²) in [5.41, 5.74) is 2.12. The van der Waals surface area contributed by atoms with Gasteiger partial charge in [0, 0.05) is 31.2 Å². The molecular weight excluding hydrogens is 508 g/mol. The lowest BCUT2D eigenvalue weighted by Gasteiger charge is -2.35. The van der Waals surface area contributed by atoms with Crippen LogP contribution in [0, 0.1) is 5.92 Å². The van der Waals surface area contributed by atoms with Crippen molar-refractivity contribution >= 4 is 35.5 Å². The number of urea groups is 1. The van der Waals surface area contributed by atoms with Crippen molar-refractivity contribution in [3.63, 3.8) is 0 Å². The second kappa shape index (κ2) is 11.4. The van der Waals surface area contributed by atoms with E-state index in [0.29, 0.717) is 30.6 Å².